The number of hydrogen-bond acceptors (Lipinski definition) is 4. The van der Waals surface area contributed by atoms with E-state index in [0.717, 1.165) is 16.9 Å². The third-order valence-electron chi connectivity index (χ3n) is 2.59. The van der Waals surface area contributed by atoms with Gasteiger partial charge in [-0.1, -0.05) is 12.1 Å². The number of aryl methyl sites for hydroxylation is 1. The molecule has 0 unspecified atom stereocenters. The van der Waals surface area contributed by atoms with Crippen LogP contribution in [0.3, 0.4) is 0 Å². The second kappa shape index (κ2) is 5.40. The van der Waals surface area contributed by atoms with Gasteiger partial charge in [-0.25, -0.2) is 4.98 Å². The average Bonchev–Trinajstić information content (AvgIpc) is 2.38. The molecule has 1 aromatic heterocycles. The molecule has 0 aliphatic carbocycles. The Labute approximate surface area is 106 Å². The summed E-state index contributed by atoms with van der Waals surface area (Å²) in [7, 11) is 1.65. The van der Waals surface area contributed by atoms with Crippen LogP contribution in [0, 0.1) is 6.92 Å². The Kier molecular flexibility index (Phi) is 3.67. The largest absolute Gasteiger partial charge is 0.497 e. The highest BCUT2D eigenvalue weighted by molar-refractivity contribution is 5.41. The zero-order valence-electron chi connectivity index (χ0n) is 10.5. The molecule has 1 aromatic carbocycles. The number of pyridine rings is 1. The van der Waals surface area contributed by atoms with Gasteiger partial charge < -0.3 is 15.2 Å². The number of rotatable bonds is 4. The number of nitrogens with zero attached hydrogens (tertiary/aromatic N) is 1. The molecule has 0 aliphatic heterocycles. The van der Waals surface area contributed by atoms with E-state index >= 15 is 0 Å². The Hall–Kier alpha value is -2.23. The van der Waals surface area contributed by atoms with Crippen molar-refractivity contribution in [1.29, 1.82) is 0 Å². The fourth-order valence-electron chi connectivity index (χ4n) is 1.61. The Morgan fingerprint density at radius 1 is 1.22 bits per heavy atom. The van der Waals surface area contributed by atoms with E-state index in [9.17, 15) is 0 Å². The van der Waals surface area contributed by atoms with Gasteiger partial charge in [0.25, 0.3) is 0 Å². The highest BCUT2D eigenvalue weighted by Crippen LogP contribution is 2.18. The fraction of sp³-hybridized carbons (Fsp3) is 0.214. The summed E-state index contributed by atoms with van der Waals surface area (Å²) in [6.45, 7) is 2.40. The third-order valence-corrected chi connectivity index (χ3v) is 2.59. The van der Waals surface area contributed by atoms with Crippen LogP contribution >= 0.6 is 0 Å². The normalized spacial score (nSPS) is 10.1. The van der Waals surface area contributed by atoms with Gasteiger partial charge in [0.2, 0.25) is 5.88 Å². The van der Waals surface area contributed by atoms with Crippen molar-refractivity contribution in [2.45, 2.75) is 13.5 Å². The lowest BCUT2D eigenvalue weighted by Crippen LogP contribution is -2.00. The van der Waals surface area contributed by atoms with Gasteiger partial charge in [0.05, 0.1) is 19.0 Å². The van der Waals surface area contributed by atoms with Gasteiger partial charge in [0.15, 0.2) is 0 Å². The Morgan fingerprint density at radius 3 is 2.56 bits per heavy atom. The van der Waals surface area contributed by atoms with Crippen LogP contribution < -0.4 is 15.2 Å². The molecule has 4 nitrogen and oxygen atoms in total. The van der Waals surface area contributed by atoms with Crippen LogP contribution in [0.5, 0.6) is 11.6 Å². The molecule has 94 valence electrons. The Bertz CT molecular complexity index is 524. The molecule has 0 fully saturated rings. The number of benzene rings is 1. The van der Waals surface area contributed by atoms with Gasteiger partial charge in [-0.05, 0) is 30.7 Å². The quantitative estimate of drug-likeness (QED) is 0.898. The molecule has 0 radical (unpaired) electrons. The minimum Gasteiger partial charge on any atom is -0.497 e. The van der Waals surface area contributed by atoms with Gasteiger partial charge in [0, 0.05) is 5.56 Å². The molecule has 0 atom stereocenters. The van der Waals surface area contributed by atoms with Crippen LogP contribution in [-0.2, 0) is 6.61 Å². The van der Waals surface area contributed by atoms with Crippen molar-refractivity contribution in [3.05, 3.63) is 47.7 Å². The first-order valence-electron chi connectivity index (χ1n) is 5.67. The summed E-state index contributed by atoms with van der Waals surface area (Å²) in [5.74, 6) is 1.44. The summed E-state index contributed by atoms with van der Waals surface area (Å²) >= 11 is 0. The first-order valence-corrected chi connectivity index (χ1v) is 5.67. The van der Waals surface area contributed by atoms with Crippen molar-refractivity contribution in [3.63, 3.8) is 0 Å². The van der Waals surface area contributed by atoms with E-state index in [4.69, 9.17) is 15.2 Å². The van der Waals surface area contributed by atoms with Crippen molar-refractivity contribution in [1.82, 2.24) is 4.98 Å². The van der Waals surface area contributed by atoms with Gasteiger partial charge in [-0.2, -0.15) is 0 Å². The molecule has 0 spiro atoms. The molecule has 4 heteroatoms. The number of ether oxygens (including phenoxy) is 2. The standard InChI is InChI=1S/C14H16N2O2/c1-10-7-12(15)8-16-14(10)18-9-11-3-5-13(17-2)6-4-11/h3-8H,9,15H2,1-2H3. The van der Waals surface area contributed by atoms with Crippen LogP contribution in [-0.4, -0.2) is 12.1 Å². The maximum absolute atomic E-state index is 5.64. The van der Waals surface area contributed by atoms with Crippen LogP contribution in [0.25, 0.3) is 0 Å². The zero-order chi connectivity index (χ0) is 13.0. The summed E-state index contributed by atoms with van der Waals surface area (Å²) in [5, 5.41) is 0. The second-order valence-electron chi connectivity index (χ2n) is 4.03. The van der Waals surface area contributed by atoms with Crippen molar-refractivity contribution >= 4 is 5.69 Å². The van der Waals surface area contributed by atoms with E-state index in [2.05, 4.69) is 4.98 Å². The molecule has 18 heavy (non-hydrogen) atoms. The van der Waals surface area contributed by atoms with Gasteiger partial charge in [-0.15, -0.1) is 0 Å². The lowest BCUT2D eigenvalue weighted by Gasteiger charge is -2.08. The van der Waals surface area contributed by atoms with E-state index in [-0.39, 0.29) is 0 Å². The Morgan fingerprint density at radius 2 is 1.94 bits per heavy atom. The summed E-state index contributed by atoms with van der Waals surface area (Å²) in [4.78, 5) is 4.15. The lowest BCUT2D eigenvalue weighted by atomic mass is 10.2. The van der Waals surface area contributed by atoms with Crippen LogP contribution in [0.2, 0.25) is 0 Å². The monoisotopic (exact) mass is 244 g/mol. The topological polar surface area (TPSA) is 57.4 Å². The van der Waals surface area contributed by atoms with Crippen LogP contribution in [0.4, 0.5) is 5.69 Å². The maximum atomic E-state index is 5.64. The highest BCUT2D eigenvalue weighted by Gasteiger charge is 2.02. The molecule has 0 bridgehead atoms. The number of methoxy groups -OCH3 is 1. The number of hydrogen-bond donors (Lipinski definition) is 1. The molecule has 2 N–H and O–H groups in total. The maximum Gasteiger partial charge on any atom is 0.216 e. The summed E-state index contributed by atoms with van der Waals surface area (Å²) in [6.07, 6.45) is 1.59. The average molecular weight is 244 g/mol. The van der Waals surface area contributed by atoms with Crippen LogP contribution in [0.1, 0.15) is 11.1 Å². The van der Waals surface area contributed by atoms with E-state index < -0.39 is 0 Å². The van der Waals surface area contributed by atoms with E-state index in [1.807, 2.05) is 37.3 Å². The third kappa shape index (κ3) is 2.91. The zero-order valence-corrected chi connectivity index (χ0v) is 10.5. The summed E-state index contributed by atoms with van der Waals surface area (Å²) in [6, 6.07) is 9.58. The SMILES string of the molecule is COc1ccc(COc2ncc(N)cc2C)cc1. The molecule has 1 heterocycles. The first kappa shape index (κ1) is 12.2. The minimum absolute atomic E-state index is 0.474. The molecular weight excluding hydrogens is 228 g/mol. The van der Waals surface area contributed by atoms with Gasteiger partial charge in [-0.3, -0.25) is 0 Å². The number of nitrogen functional groups attached to an aromatic ring is 1. The lowest BCUT2D eigenvalue weighted by molar-refractivity contribution is 0.291. The number of anilines is 1. The van der Waals surface area contributed by atoms with Crippen molar-refractivity contribution in [3.8, 4) is 11.6 Å². The fourth-order valence-corrected chi connectivity index (χ4v) is 1.61. The first-order chi connectivity index (χ1) is 8.69. The molecule has 0 saturated heterocycles. The van der Waals surface area contributed by atoms with Crippen molar-refractivity contribution in [2.75, 3.05) is 12.8 Å². The number of aromatic nitrogens is 1. The molecule has 2 aromatic rings. The molecule has 0 aliphatic rings. The molecule has 0 saturated carbocycles. The smallest absolute Gasteiger partial charge is 0.216 e. The van der Waals surface area contributed by atoms with Gasteiger partial charge in [0.1, 0.15) is 12.4 Å². The van der Waals surface area contributed by atoms with E-state index in [0.29, 0.717) is 18.2 Å². The molecule has 0 amide bonds. The molecular formula is C14H16N2O2. The second-order valence-corrected chi connectivity index (χ2v) is 4.03. The van der Waals surface area contributed by atoms with Gasteiger partial charge >= 0.3 is 0 Å². The summed E-state index contributed by atoms with van der Waals surface area (Å²) in [5.41, 5.74) is 8.28. The molecule has 2 rings (SSSR count). The predicted octanol–water partition coefficient (Wildman–Crippen LogP) is 2.56. The predicted molar refractivity (Wildman–Crippen MR) is 70.7 cm³/mol. The van der Waals surface area contributed by atoms with E-state index in [1.54, 1.807) is 13.3 Å². The highest BCUT2D eigenvalue weighted by atomic mass is 16.5. The van der Waals surface area contributed by atoms with Crippen molar-refractivity contribution < 1.29 is 9.47 Å². The van der Waals surface area contributed by atoms with Crippen molar-refractivity contribution in [2.24, 2.45) is 0 Å². The van der Waals surface area contributed by atoms with Crippen LogP contribution in [0.15, 0.2) is 36.5 Å². The van der Waals surface area contributed by atoms with E-state index in [1.165, 1.54) is 0 Å². The summed E-state index contributed by atoms with van der Waals surface area (Å²) < 4.78 is 10.7. The Balaban J connectivity index is 2.02. The minimum atomic E-state index is 0.474. The number of nitrogens with two attached hydrogens (primary N) is 1.